The Hall–Kier alpha value is -1.03. The molecule has 0 amide bonds. The highest BCUT2D eigenvalue weighted by Crippen LogP contribution is 2.49. The predicted octanol–water partition coefficient (Wildman–Crippen LogP) is 0.719. The van der Waals surface area contributed by atoms with Gasteiger partial charge < -0.3 is 9.84 Å². The van der Waals surface area contributed by atoms with Crippen molar-refractivity contribution in [3.63, 3.8) is 0 Å². The zero-order chi connectivity index (χ0) is 9.64. The van der Waals surface area contributed by atoms with E-state index in [9.17, 15) is 5.11 Å². The number of nitrogens with zero attached hydrogens (tertiary/aromatic N) is 2. The van der Waals surface area contributed by atoms with Gasteiger partial charge >= 0.3 is 0 Å². The number of methoxy groups -OCH3 is 1. The molecule has 0 spiro atoms. The van der Waals surface area contributed by atoms with Crippen LogP contribution in [0.5, 0.6) is 5.88 Å². The van der Waals surface area contributed by atoms with E-state index in [-0.39, 0.29) is 0 Å². The third-order valence-corrected chi connectivity index (χ3v) is 2.55. The predicted molar refractivity (Wildman–Crippen MR) is 47.6 cm³/mol. The molecule has 1 aliphatic rings. The van der Waals surface area contributed by atoms with Crippen LogP contribution in [0.25, 0.3) is 0 Å². The lowest BCUT2D eigenvalue weighted by Crippen LogP contribution is -2.07. The van der Waals surface area contributed by atoms with Gasteiger partial charge in [0.2, 0.25) is 5.88 Å². The highest BCUT2D eigenvalue weighted by molar-refractivity contribution is 5.39. The third kappa shape index (κ3) is 1.13. The molecule has 1 fully saturated rings. The fourth-order valence-electron chi connectivity index (χ4n) is 1.78. The summed E-state index contributed by atoms with van der Waals surface area (Å²) in [5.41, 5.74) is 1.06. The molecule has 72 valence electrons. The van der Waals surface area contributed by atoms with Gasteiger partial charge in [0.25, 0.3) is 0 Å². The first-order valence-corrected chi connectivity index (χ1v) is 4.39. The number of ether oxygens (including phenoxy) is 1. The van der Waals surface area contributed by atoms with Crippen molar-refractivity contribution in [3.05, 3.63) is 11.3 Å². The summed E-state index contributed by atoms with van der Waals surface area (Å²) < 4.78 is 6.87. The molecule has 0 bridgehead atoms. The summed E-state index contributed by atoms with van der Waals surface area (Å²) in [7, 11) is 3.42. The van der Waals surface area contributed by atoms with E-state index in [4.69, 9.17) is 4.74 Å². The van der Waals surface area contributed by atoms with Gasteiger partial charge in [-0.25, -0.2) is 4.68 Å². The molecule has 0 radical (unpaired) electrons. The van der Waals surface area contributed by atoms with Crippen molar-refractivity contribution in [3.8, 4) is 5.88 Å². The number of rotatable bonds is 2. The Morgan fingerprint density at radius 1 is 1.54 bits per heavy atom. The van der Waals surface area contributed by atoms with Gasteiger partial charge in [-0.1, -0.05) is 0 Å². The zero-order valence-electron chi connectivity index (χ0n) is 8.16. The number of aliphatic hydroxyl groups is 1. The van der Waals surface area contributed by atoms with Gasteiger partial charge in [-0.05, 0) is 19.8 Å². The Kier molecular flexibility index (Phi) is 1.63. The van der Waals surface area contributed by atoms with Crippen LogP contribution in [0.1, 0.15) is 24.1 Å². The molecule has 0 aliphatic heterocycles. The van der Waals surface area contributed by atoms with E-state index in [0.717, 1.165) is 24.1 Å². The molecule has 4 heteroatoms. The molecule has 1 aromatic heterocycles. The van der Waals surface area contributed by atoms with Crippen molar-refractivity contribution < 1.29 is 9.84 Å². The molecular weight excluding hydrogens is 168 g/mol. The average molecular weight is 182 g/mol. The molecule has 1 saturated carbocycles. The van der Waals surface area contributed by atoms with Gasteiger partial charge in [0.15, 0.2) is 0 Å². The van der Waals surface area contributed by atoms with Crippen molar-refractivity contribution in [2.75, 3.05) is 7.11 Å². The first-order chi connectivity index (χ1) is 6.08. The van der Waals surface area contributed by atoms with Gasteiger partial charge in [-0.2, -0.15) is 5.10 Å². The minimum Gasteiger partial charge on any atom is -0.481 e. The van der Waals surface area contributed by atoms with E-state index >= 15 is 0 Å². The molecule has 4 nitrogen and oxygen atoms in total. The van der Waals surface area contributed by atoms with Crippen molar-refractivity contribution in [1.82, 2.24) is 9.78 Å². The van der Waals surface area contributed by atoms with E-state index < -0.39 is 5.60 Å². The topological polar surface area (TPSA) is 47.3 Å². The fourth-order valence-corrected chi connectivity index (χ4v) is 1.78. The molecule has 13 heavy (non-hydrogen) atoms. The van der Waals surface area contributed by atoms with E-state index in [1.807, 2.05) is 14.0 Å². The molecular formula is C9H14N2O2. The van der Waals surface area contributed by atoms with Crippen LogP contribution in [0.4, 0.5) is 0 Å². The van der Waals surface area contributed by atoms with Gasteiger partial charge in [-0.15, -0.1) is 0 Å². The van der Waals surface area contributed by atoms with Gasteiger partial charge in [0, 0.05) is 7.05 Å². The standard InChI is InChI=1S/C9H14N2O2/c1-6-7(9(12)4-5-9)8(13-3)11(2)10-6/h12H,4-5H2,1-3H3. The van der Waals surface area contributed by atoms with Gasteiger partial charge in [-0.3, -0.25) is 0 Å². The summed E-state index contributed by atoms with van der Waals surface area (Å²) in [5, 5.41) is 14.2. The Morgan fingerprint density at radius 3 is 2.62 bits per heavy atom. The molecule has 0 atom stereocenters. The van der Waals surface area contributed by atoms with Gasteiger partial charge in [0.05, 0.1) is 24.0 Å². The maximum atomic E-state index is 9.97. The summed E-state index contributed by atoms with van der Waals surface area (Å²) >= 11 is 0. The summed E-state index contributed by atoms with van der Waals surface area (Å²) in [6.07, 6.45) is 1.63. The van der Waals surface area contributed by atoms with E-state index in [2.05, 4.69) is 5.10 Å². The fraction of sp³-hybridized carbons (Fsp3) is 0.667. The molecule has 2 rings (SSSR count). The van der Waals surface area contributed by atoms with Crippen LogP contribution in [0.3, 0.4) is 0 Å². The van der Waals surface area contributed by atoms with Crippen molar-refractivity contribution >= 4 is 0 Å². The quantitative estimate of drug-likeness (QED) is 0.733. The molecule has 1 aliphatic carbocycles. The summed E-state index contributed by atoms with van der Waals surface area (Å²) in [4.78, 5) is 0. The van der Waals surface area contributed by atoms with Crippen LogP contribution < -0.4 is 4.74 Å². The second-order valence-electron chi connectivity index (χ2n) is 3.62. The summed E-state index contributed by atoms with van der Waals surface area (Å²) in [5.74, 6) is 0.678. The number of hydrogen-bond donors (Lipinski definition) is 1. The smallest absolute Gasteiger partial charge is 0.217 e. The number of aryl methyl sites for hydroxylation is 2. The van der Waals surface area contributed by atoms with Crippen LogP contribution in [0.15, 0.2) is 0 Å². The highest BCUT2D eigenvalue weighted by Gasteiger charge is 2.47. The SMILES string of the molecule is COc1c(C2(O)CC2)c(C)nn1C. The van der Waals surface area contributed by atoms with Crippen LogP contribution >= 0.6 is 0 Å². The lowest BCUT2D eigenvalue weighted by molar-refractivity contribution is 0.146. The monoisotopic (exact) mass is 182 g/mol. The molecule has 1 N–H and O–H groups in total. The Morgan fingerprint density at radius 2 is 2.15 bits per heavy atom. The molecule has 0 saturated heterocycles. The van der Waals surface area contributed by atoms with Gasteiger partial charge in [0.1, 0.15) is 0 Å². The zero-order valence-corrected chi connectivity index (χ0v) is 8.16. The van der Waals surface area contributed by atoms with Crippen molar-refractivity contribution in [1.29, 1.82) is 0 Å². The lowest BCUT2D eigenvalue weighted by atomic mass is 10.1. The minimum absolute atomic E-state index is 0.663. The Labute approximate surface area is 77.1 Å². The number of hydrogen-bond acceptors (Lipinski definition) is 3. The van der Waals surface area contributed by atoms with Crippen LogP contribution in [0, 0.1) is 6.92 Å². The van der Waals surface area contributed by atoms with E-state index in [1.54, 1.807) is 11.8 Å². The second kappa shape index (κ2) is 2.48. The van der Waals surface area contributed by atoms with E-state index in [0.29, 0.717) is 5.88 Å². The largest absolute Gasteiger partial charge is 0.481 e. The molecule has 0 unspecified atom stereocenters. The maximum absolute atomic E-state index is 9.97. The molecule has 0 aromatic carbocycles. The summed E-state index contributed by atoms with van der Waals surface area (Å²) in [6, 6.07) is 0. The van der Waals surface area contributed by atoms with Crippen LogP contribution in [-0.4, -0.2) is 22.0 Å². The van der Waals surface area contributed by atoms with Crippen LogP contribution in [0.2, 0.25) is 0 Å². The van der Waals surface area contributed by atoms with Crippen molar-refractivity contribution in [2.45, 2.75) is 25.4 Å². The first kappa shape index (κ1) is 8.56. The molecule has 1 aromatic rings. The Bertz CT molecular complexity index is 340. The normalized spacial score (nSPS) is 18.8. The van der Waals surface area contributed by atoms with E-state index in [1.165, 1.54) is 0 Å². The molecule has 1 heterocycles. The highest BCUT2D eigenvalue weighted by atomic mass is 16.5. The maximum Gasteiger partial charge on any atom is 0.217 e. The summed E-state index contributed by atoms with van der Waals surface area (Å²) in [6.45, 7) is 1.90. The lowest BCUT2D eigenvalue weighted by Gasteiger charge is -2.09. The van der Waals surface area contributed by atoms with Crippen molar-refractivity contribution in [2.24, 2.45) is 7.05 Å². The minimum atomic E-state index is -0.663. The first-order valence-electron chi connectivity index (χ1n) is 4.39. The Balaban J connectivity index is 2.54. The average Bonchev–Trinajstić information content (AvgIpc) is 2.71. The van der Waals surface area contributed by atoms with Crippen LogP contribution in [-0.2, 0) is 12.6 Å². The number of aromatic nitrogens is 2. The third-order valence-electron chi connectivity index (χ3n) is 2.55. The second-order valence-corrected chi connectivity index (χ2v) is 3.62.